The first-order chi connectivity index (χ1) is 13.7. The van der Waals surface area contributed by atoms with E-state index in [1.807, 2.05) is 12.1 Å². The van der Waals surface area contributed by atoms with E-state index in [-0.39, 0.29) is 12.1 Å². The molecule has 0 unspecified atom stereocenters. The summed E-state index contributed by atoms with van der Waals surface area (Å²) < 4.78 is 30.4. The van der Waals surface area contributed by atoms with E-state index >= 15 is 0 Å². The van der Waals surface area contributed by atoms with Crippen molar-refractivity contribution >= 4 is 16.8 Å². The number of rotatable bonds is 6. The Bertz CT molecular complexity index is 881. The van der Waals surface area contributed by atoms with E-state index in [4.69, 9.17) is 14.2 Å². The highest BCUT2D eigenvalue weighted by Crippen LogP contribution is 2.34. The van der Waals surface area contributed by atoms with Gasteiger partial charge in [-0.25, -0.2) is 4.39 Å². The first-order valence-corrected chi connectivity index (χ1v) is 9.38. The van der Waals surface area contributed by atoms with Crippen LogP contribution in [0.1, 0.15) is 11.1 Å². The van der Waals surface area contributed by atoms with Crippen LogP contribution in [0.4, 0.5) is 10.1 Å². The van der Waals surface area contributed by atoms with Gasteiger partial charge in [0.25, 0.3) is 0 Å². The van der Waals surface area contributed by atoms with Gasteiger partial charge in [0, 0.05) is 50.1 Å². The molecular formula is C23H24FNO3. The van der Waals surface area contributed by atoms with E-state index < -0.39 is 0 Å². The number of anilines is 1. The fourth-order valence-electron chi connectivity index (χ4n) is 3.85. The Morgan fingerprint density at radius 2 is 1.75 bits per heavy atom. The molecule has 2 aliphatic heterocycles. The molecule has 2 aromatic rings. The van der Waals surface area contributed by atoms with Gasteiger partial charge in [-0.05, 0) is 35.4 Å². The topological polar surface area (TPSA) is 30.9 Å². The summed E-state index contributed by atoms with van der Waals surface area (Å²) in [5, 5.41) is 0. The highest BCUT2D eigenvalue weighted by Gasteiger charge is 2.34. The van der Waals surface area contributed by atoms with Crippen LogP contribution in [0, 0.1) is 11.7 Å². The number of allylic oxidation sites excluding steroid dienone is 2. The Kier molecular flexibility index (Phi) is 5.46. The van der Waals surface area contributed by atoms with E-state index in [9.17, 15) is 4.39 Å². The summed E-state index contributed by atoms with van der Waals surface area (Å²) >= 11 is 0. The van der Waals surface area contributed by atoms with Crippen molar-refractivity contribution in [3.63, 3.8) is 0 Å². The summed E-state index contributed by atoms with van der Waals surface area (Å²) in [5.74, 6) is 0.145. The highest BCUT2D eigenvalue weighted by atomic mass is 19.1. The van der Waals surface area contributed by atoms with Crippen LogP contribution in [0.15, 0.2) is 60.9 Å². The van der Waals surface area contributed by atoms with E-state index in [1.54, 1.807) is 32.6 Å². The average molecular weight is 381 g/mol. The molecule has 0 amide bonds. The molecule has 1 saturated heterocycles. The first kappa shape index (κ1) is 18.7. The van der Waals surface area contributed by atoms with Crippen molar-refractivity contribution in [2.75, 3.05) is 38.8 Å². The van der Waals surface area contributed by atoms with Gasteiger partial charge in [0.15, 0.2) is 6.29 Å². The minimum Gasteiger partial charge on any atom is -0.496 e. The number of nitrogens with zero attached hydrogens (tertiary/aromatic N) is 1. The zero-order valence-electron chi connectivity index (χ0n) is 16.1. The van der Waals surface area contributed by atoms with Gasteiger partial charge >= 0.3 is 0 Å². The molecule has 4 rings (SSSR count). The molecule has 2 heterocycles. The molecule has 0 radical (unpaired) electrons. The van der Waals surface area contributed by atoms with Crippen LogP contribution in [0.3, 0.4) is 0 Å². The molecule has 1 fully saturated rings. The van der Waals surface area contributed by atoms with Gasteiger partial charge in [-0.3, -0.25) is 0 Å². The van der Waals surface area contributed by atoms with E-state index in [0.29, 0.717) is 18.1 Å². The predicted molar refractivity (Wildman–Crippen MR) is 108 cm³/mol. The summed E-state index contributed by atoms with van der Waals surface area (Å²) in [6.07, 6.45) is 3.42. The van der Waals surface area contributed by atoms with Crippen LogP contribution in [0.25, 0.3) is 11.1 Å². The Balaban J connectivity index is 1.55. The van der Waals surface area contributed by atoms with Crippen LogP contribution in [0.2, 0.25) is 0 Å². The lowest BCUT2D eigenvalue weighted by molar-refractivity contribution is -0.142. The maximum atomic E-state index is 14.3. The summed E-state index contributed by atoms with van der Waals surface area (Å²) in [4.78, 5) is 2.30. The summed E-state index contributed by atoms with van der Waals surface area (Å²) in [6.45, 7) is 2.17. The Hall–Kier alpha value is -2.63. The lowest BCUT2D eigenvalue weighted by Crippen LogP contribution is -2.53. The third kappa shape index (κ3) is 3.55. The fraction of sp³-hybridized carbons (Fsp3) is 0.304. The molecule has 0 bridgehead atoms. The molecule has 4 nitrogen and oxygen atoms in total. The van der Waals surface area contributed by atoms with Crippen LogP contribution >= 0.6 is 0 Å². The van der Waals surface area contributed by atoms with Gasteiger partial charge in [0.2, 0.25) is 0 Å². The van der Waals surface area contributed by atoms with Gasteiger partial charge in [-0.2, -0.15) is 0 Å². The quantitative estimate of drug-likeness (QED) is 0.697. The third-order valence-electron chi connectivity index (χ3n) is 5.39. The molecule has 2 aliphatic rings. The molecule has 0 aliphatic carbocycles. The second-order valence-corrected chi connectivity index (χ2v) is 7.04. The molecule has 0 aromatic heterocycles. The van der Waals surface area contributed by atoms with Crippen molar-refractivity contribution in [2.45, 2.75) is 6.29 Å². The number of benzene rings is 2. The molecule has 5 heteroatoms. The van der Waals surface area contributed by atoms with Gasteiger partial charge in [0.05, 0.1) is 6.26 Å². The lowest BCUT2D eigenvalue weighted by atomic mass is 9.93. The smallest absolute Gasteiger partial charge is 0.162 e. The standard InChI is InChI=1S/C23H24FNO3/c1-26-23(27-2)17-13-25(14-17)18-9-7-16(8-10-18)19-11-12-28-15-21(19)20-5-3-4-6-22(20)24/h3-12,17,23H,13-15H2,1-2H3. The Labute approximate surface area is 164 Å². The average Bonchev–Trinajstić information content (AvgIpc) is 2.71. The van der Waals surface area contributed by atoms with Gasteiger partial charge < -0.3 is 19.1 Å². The molecule has 2 aromatic carbocycles. The molecule has 0 saturated carbocycles. The number of hydrogen-bond acceptors (Lipinski definition) is 4. The zero-order chi connectivity index (χ0) is 19.5. The van der Waals surface area contributed by atoms with Gasteiger partial charge in [0.1, 0.15) is 12.4 Å². The SMILES string of the molecule is COC(OC)C1CN(c2ccc(C3=C(c4ccccc4F)COC=C3)cc2)C1. The third-order valence-corrected chi connectivity index (χ3v) is 5.39. The Morgan fingerprint density at radius 3 is 2.43 bits per heavy atom. The van der Waals surface area contributed by atoms with Crippen molar-refractivity contribution in [1.82, 2.24) is 0 Å². The summed E-state index contributed by atoms with van der Waals surface area (Å²) in [5.41, 5.74) is 4.64. The van der Waals surface area contributed by atoms with Crippen molar-refractivity contribution in [3.8, 4) is 0 Å². The highest BCUT2D eigenvalue weighted by molar-refractivity contribution is 5.96. The lowest BCUT2D eigenvalue weighted by Gasteiger charge is -2.43. The maximum Gasteiger partial charge on any atom is 0.162 e. The van der Waals surface area contributed by atoms with E-state index in [1.165, 1.54) is 6.07 Å². The second-order valence-electron chi connectivity index (χ2n) is 7.04. The molecule has 0 spiro atoms. The zero-order valence-corrected chi connectivity index (χ0v) is 16.1. The summed E-state index contributed by atoms with van der Waals surface area (Å²) in [6, 6.07) is 15.2. The normalized spacial score (nSPS) is 17.1. The molecule has 0 N–H and O–H groups in total. The van der Waals surface area contributed by atoms with E-state index in [0.717, 1.165) is 35.5 Å². The number of methoxy groups -OCH3 is 2. The molecule has 146 valence electrons. The largest absolute Gasteiger partial charge is 0.496 e. The van der Waals surface area contributed by atoms with Crippen molar-refractivity contribution in [2.24, 2.45) is 5.92 Å². The van der Waals surface area contributed by atoms with Crippen molar-refractivity contribution in [3.05, 3.63) is 77.8 Å². The predicted octanol–water partition coefficient (Wildman–Crippen LogP) is 4.34. The second kappa shape index (κ2) is 8.17. The van der Waals surface area contributed by atoms with E-state index in [2.05, 4.69) is 29.2 Å². The number of halogens is 1. The fourth-order valence-corrected chi connectivity index (χ4v) is 3.85. The minimum absolute atomic E-state index is 0.156. The van der Waals surface area contributed by atoms with Crippen LogP contribution in [-0.4, -0.2) is 40.2 Å². The molecular weight excluding hydrogens is 357 g/mol. The number of hydrogen-bond donors (Lipinski definition) is 0. The maximum absolute atomic E-state index is 14.3. The van der Waals surface area contributed by atoms with Crippen molar-refractivity contribution < 1.29 is 18.6 Å². The van der Waals surface area contributed by atoms with Crippen LogP contribution in [0.5, 0.6) is 0 Å². The minimum atomic E-state index is -0.233. The first-order valence-electron chi connectivity index (χ1n) is 9.38. The van der Waals surface area contributed by atoms with Gasteiger partial charge in [-0.15, -0.1) is 0 Å². The van der Waals surface area contributed by atoms with Crippen LogP contribution in [-0.2, 0) is 14.2 Å². The molecule has 28 heavy (non-hydrogen) atoms. The Morgan fingerprint density at radius 1 is 1.04 bits per heavy atom. The molecule has 0 atom stereocenters. The van der Waals surface area contributed by atoms with Gasteiger partial charge in [-0.1, -0.05) is 30.3 Å². The summed E-state index contributed by atoms with van der Waals surface area (Å²) in [7, 11) is 3.35. The number of ether oxygens (including phenoxy) is 3. The van der Waals surface area contributed by atoms with Crippen LogP contribution < -0.4 is 4.90 Å². The van der Waals surface area contributed by atoms with Crippen molar-refractivity contribution in [1.29, 1.82) is 0 Å². The monoisotopic (exact) mass is 381 g/mol.